The van der Waals surface area contributed by atoms with Crippen molar-refractivity contribution in [3.8, 4) is 5.75 Å². The van der Waals surface area contributed by atoms with Crippen LogP contribution >= 0.6 is 0 Å². The summed E-state index contributed by atoms with van der Waals surface area (Å²) in [6.07, 6.45) is 3.74. The lowest BCUT2D eigenvalue weighted by Gasteiger charge is -2.25. The van der Waals surface area contributed by atoms with E-state index in [1.807, 2.05) is 48.7 Å². The number of nitrogens with zero attached hydrogens (tertiary/aromatic N) is 3. The number of morpholine rings is 1. The van der Waals surface area contributed by atoms with Crippen molar-refractivity contribution in [1.82, 2.24) is 14.9 Å². The Morgan fingerprint density at radius 2 is 1.87 bits per heavy atom. The van der Waals surface area contributed by atoms with Crippen molar-refractivity contribution < 1.29 is 14.3 Å². The van der Waals surface area contributed by atoms with E-state index in [4.69, 9.17) is 9.47 Å². The summed E-state index contributed by atoms with van der Waals surface area (Å²) < 4.78 is 13.3. The monoisotopic (exact) mass is 406 g/mol. The molecule has 3 aromatic rings. The Morgan fingerprint density at radius 1 is 1.10 bits per heavy atom. The molecular formula is C23H26N4O3. The lowest BCUT2D eigenvalue weighted by atomic mass is 10.2. The maximum absolute atomic E-state index is 12.1. The number of carbonyl (C=O) groups is 1. The molecule has 0 spiro atoms. The van der Waals surface area contributed by atoms with E-state index in [-0.39, 0.29) is 5.91 Å². The summed E-state index contributed by atoms with van der Waals surface area (Å²) in [5.74, 6) is 0.742. The highest BCUT2D eigenvalue weighted by Gasteiger charge is 2.13. The lowest BCUT2D eigenvalue weighted by molar-refractivity contribution is -0.123. The fraction of sp³-hybridized carbons (Fsp3) is 0.304. The van der Waals surface area contributed by atoms with Crippen LogP contribution in [-0.2, 0) is 16.1 Å². The van der Waals surface area contributed by atoms with Gasteiger partial charge in [0, 0.05) is 35.8 Å². The van der Waals surface area contributed by atoms with Gasteiger partial charge in [0.1, 0.15) is 12.4 Å². The molecule has 1 aliphatic rings. The third kappa shape index (κ3) is 5.25. The van der Waals surface area contributed by atoms with Crippen LogP contribution in [-0.4, -0.2) is 61.0 Å². The molecule has 4 rings (SSSR count). The van der Waals surface area contributed by atoms with Crippen LogP contribution in [0.2, 0.25) is 0 Å². The van der Waals surface area contributed by atoms with Crippen molar-refractivity contribution >= 4 is 23.0 Å². The number of fused-ring (bicyclic) bond motifs is 1. The van der Waals surface area contributed by atoms with Gasteiger partial charge >= 0.3 is 0 Å². The van der Waals surface area contributed by atoms with E-state index in [1.54, 1.807) is 6.21 Å². The Morgan fingerprint density at radius 3 is 2.70 bits per heavy atom. The molecule has 0 saturated carbocycles. The molecule has 0 aliphatic carbocycles. The van der Waals surface area contributed by atoms with Crippen LogP contribution in [0.5, 0.6) is 5.75 Å². The summed E-state index contributed by atoms with van der Waals surface area (Å²) in [6.45, 7) is 4.50. The van der Waals surface area contributed by atoms with Gasteiger partial charge in [-0.3, -0.25) is 9.69 Å². The zero-order valence-electron chi connectivity index (χ0n) is 16.9. The zero-order valence-corrected chi connectivity index (χ0v) is 16.9. The van der Waals surface area contributed by atoms with E-state index in [9.17, 15) is 4.79 Å². The molecule has 2 heterocycles. The summed E-state index contributed by atoms with van der Waals surface area (Å²) >= 11 is 0. The summed E-state index contributed by atoms with van der Waals surface area (Å²) in [5, 5.41) is 5.26. The largest absolute Gasteiger partial charge is 0.492 e. The van der Waals surface area contributed by atoms with Crippen molar-refractivity contribution in [2.24, 2.45) is 5.10 Å². The van der Waals surface area contributed by atoms with Crippen LogP contribution in [0, 0.1) is 0 Å². The van der Waals surface area contributed by atoms with Gasteiger partial charge in [-0.25, -0.2) is 5.43 Å². The fourth-order valence-corrected chi connectivity index (χ4v) is 3.51. The summed E-state index contributed by atoms with van der Waals surface area (Å²) in [6, 6.07) is 17.9. The van der Waals surface area contributed by atoms with E-state index in [1.165, 1.54) is 0 Å². The molecule has 1 saturated heterocycles. The van der Waals surface area contributed by atoms with Gasteiger partial charge in [0.05, 0.1) is 32.5 Å². The number of hydrazone groups is 1. The second-order valence-corrected chi connectivity index (χ2v) is 7.14. The molecule has 1 amide bonds. The van der Waals surface area contributed by atoms with E-state index in [0.717, 1.165) is 35.3 Å². The minimum absolute atomic E-state index is 0.117. The number of hydrogen-bond acceptors (Lipinski definition) is 5. The van der Waals surface area contributed by atoms with E-state index in [0.29, 0.717) is 32.9 Å². The number of rotatable bonds is 8. The first-order valence-corrected chi connectivity index (χ1v) is 10.2. The van der Waals surface area contributed by atoms with Gasteiger partial charge in [0.15, 0.2) is 0 Å². The van der Waals surface area contributed by atoms with Crippen molar-refractivity contribution in [3.05, 3.63) is 66.4 Å². The van der Waals surface area contributed by atoms with Crippen molar-refractivity contribution in [2.75, 3.05) is 39.5 Å². The number of amides is 1. The highest BCUT2D eigenvalue weighted by Crippen LogP contribution is 2.20. The first kappa shape index (κ1) is 20.1. The summed E-state index contributed by atoms with van der Waals surface area (Å²) in [5.41, 5.74) is 4.69. The Hall–Kier alpha value is -3.16. The average Bonchev–Trinajstić information content (AvgIpc) is 3.13. The molecular weight excluding hydrogens is 380 g/mol. The third-order valence-corrected chi connectivity index (χ3v) is 5.03. The average molecular weight is 406 g/mol. The molecule has 0 radical (unpaired) electrons. The molecule has 1 aliphatic heterocycles. The van der Waals surface area contributed by atoms with Gasteiger partial charge in [-0.2, -0.15) is 5.10 Å². The summed E-state index contributed by atoms with van der Waals surface area (Å²) in [7, 11) is 0. The first-order chi connectivity index (χ1) is 14.8. The van der Waals surface area contributed by atoms with Crippen LogP contribution in [0.4, 0.5) is 0 Å². The number of ether oxygens (including phenoxy) is 2. The number of aromatic nitrogens is 1. The second-order valence-electron chi connectivity index (χ2n) is 7.14. The number of para-hydroxylation sites is 2. The Labute approximate surface area is 175 Å². The molecule has 1 fully saturated rings. The minimum Gasteiger partial charge on any atom is -0.492 e. The molecule has 0 atom stereocenters. The predicted molar refractivity (Wildman–Crippen MR) is 117 cm³/mol. The molecule has 1 aromatic heterocycles. The predicted octanol–water partition coefficient (Wildman–Crippen LogP) is 2.50. The zero-order chi connectivity index (χ0) is 20.6. The quantitative estimate of drug-likeness (QED) is 0.461. The van der Waals surface area contributed by atoms with Gasteiger partial charge in [0.25, 0.3) is 5.91 Å². The normalized spacial score (nSPS) is 14.9. The van der Waals surface area contributed by atoms with Crippen LogP contribution < -0.4 is 10.2 Å². The van der Waals surface area contributed by atoms with Crippen LogP contribution in [0.25, 0.3) is 10.9 Å². The van der Waals surface area contributed by atoms with Crippen LogP contribution in [0.3, 0.4) is 0 Å². The van der Waals surface area contributed by atoms with Crippen LogP contribution in [0.1, 0.15) is 5.56 Å². The molecule has 7 nitrogen and oxygen atoms in total. The smallest absolute Gasteiger partial charge is 0.254 e. The maximum Gasteiger partial charge on any atom is 0.254 e. The van der Waals surface area contributed by atoms with Gasteiger partial charge in [0.2, 0.25) is 0 Å². The molecule has 156 valence electrons. The van der Waals surface area contributed by atoms with Gasteiger partial charge in [-0.05, 0) is 18.2 Å². The van der Waals surface area contributed by atoms with E-state index in [2.05, 4.69) is 32.1 Å². The highest BCUT2D eigenvalue weighted by molar-refractivity contribution is 5.99. The van der Waals surface area contributed by atoms with Crippen molar-refractivity contribution in [3.63, 3.8) is 0 Å². The topological polar surface area (TPSA) is 68.1 Å². The fourth-order valence-electron chi connectivity index (χ4n) is 3.51. The number of carbonyl (C=O) groups excluding carboxylic acids is 1. The van der Waals surface area contributed by atoms with Gasteiger partial charge < -0.3 is 14.0 Å². The highest BCUT2D eigenvalue weighted by atomic mass is 16.5. The second kappa shape index (κ2) is 10.0. The molecule has 7 heteroatoms. The number of hydrogen-bond donors (Lipinski definition) is 1. The van der Waals surface area contributed by atoms with E-state index < -0.39 is 0 Å². The molecule has 30 heavy (non-hydrogen) atoms. The number of benzene rings is 2. The van der Waals surface area contributed by atoms with Crippen LogP contribution in [0.15, 0.2) is 65.9 Å². The van der Waals surface area contributed by atoms with Gasteiger partial charge in [-0.15, -0.1) is 0 Å². The molecule has 2 aromatic carbocycles. The SMILES string of the molecule is O=C(CN1CCOCC1)N/N=C/c1cn(CCOc2ccccc2)c2ccccc12. The first-order valence-electron chi connectivity index (χ1n) is 10.2. The minimum atomic E-state index is -0.117. The van der Waals surface area contributed by atoms with Crippen molar-refractivity contribution in [2.45, 2.75) is 6.54 Å². The Kier molecular flexibility index (Phi) is 6.74. The summed E-state index contributed by atoms with van der Waals surface area (Å²) in [4.78, 5) is 14.2. The standard InChI is InChI=1S/C23H26N4O3/c28-23(18-26-10-13-29-14-11-26)25-24-16-19-17-27(22-9-5-4-8-21(19)22)12-15-30-20-6-2-1-3-7-20/h1-9,16-17H,10-15,18H2,(H,25,28)/b24-16+. The van der Waals surface area contributed by atoms with Crippen molar-refractivity contribution in [1.29, 1.82) is 0 Å². The van der Waals surface area contributed by atoms with Gasteiger partial charge in [-0.1, -0.05) is 36.4 Å². The lowest BCUT2D eigenvalue weighted by Crippen LogP contribution is -2.42. The Bertz CT molecular complexity index is 994. The maximum atomic E-state index is 12.1. The molecule has 0 unspecified atom stereocenters. The number of nitrogens with one attached hydrogen (secondary N) is 1. The Balaban J connectivity index is 1.37. The van der Waals surface area contributed by atoms with E-state index >= 15 is 0 Å². The molecule has 1 N–H and O–H groups in total. The molecule has 0 bridgehead atoms. The third-order valence-electron chi connectivity index (χ3n) is 5.03.